The smallest absolute Gasteiger partial charge is 0.0509 e. The largest absolute Gasteiger partial charge is 0.381 e. The summed E-state index contributed by atoms with van der Waals surface area (Å²) in [6.45, 7) is 4.08. The van der Waals surface area contributed by atoms with Crippen LogP contribution in [0.5, 0.6) is 0 Å². The Morgan fingerprint density at radius 2 is 2.07 bits per heavy atom. The number of rotatable bonds is 7. The first-order chi connectivity index (χ1) is 6.84. The molecule has 1 aliphatic rings. The van der Waals surface area contributed by atoms with Crippen molar-refractivity contribution in [2.45, 2.75) is 57.9 Å². The molecule has 84 valence electrons. The van der Waals surface area contributed by atoms with Gasteiger partial charge in [-0.1, -0.05) is 39.0 Å². The normalized spacial score (nSPS) is 24.0. The van der Waals surface area contributed by atoms with Crippen molar-refractivity contribution >= 4 is 0 Å². The Morgan fingerprint density at radius 1 is 1.29 bits per heavy atom. The van der Waals surface area contributed by atoms with Gasteiger partial charge in [0, 0.05) is 12.6 Å². The maximum absolute atomic E-state index is 6.11. The molecule has 2 atom stereocenters. The van der Waals surface area contributed by atoms with Crippen molar-refractivity contribution < 1.29 is 4.74 Å². The van der Waals surface area contributed by atoms with Gasteiger partial charge in [-0.25, -0.2) is 0 Å². The van der Waals surface area contributed by atoms with Gasteiger partial charge >= 0.3 is 0 Å². The quantitative estimate of drug-likeness (QED) is 0.640. The highest BCUT2D eigenvalue weighted by Gasteiger charge is 2.21. The number of hydrogen-bond acceptors (Lipinski definition) is 2. The third-order valence-electron chi connectivity index (χ3n) is 3.21. The average molecular weight is 199 g/mol. The molecule has 0 aromatic heterocycles. The highest BCUT2D eigenvalue weighted by molar-refractivity contribution is 4.76. The van der Waals surface area contributed by atoms with Crippen LogP contribution in [-0.2, 0) is 4.74 Å². The van der Waals surface area contributed by atoms with Crippen LogP contribution in [0, 0.1) is 5.92 Å². The zero-order valence-corrected chi connectivity index (χ0v) is 9.50. The second-order valence-corrected chi connectivity index (χ2v) is 4.49. The van der Waals surface area contributed by atoms with Crippen molar-refractivity contribution in [3.05, 3.63) is 0 Å². The summed E-state index contributed by atoms with van der Waals surface area (Å²) in [5.41, 5.74) is 6.11. The zero-order chi connectivity index (χ0) is 10.2. The van der Waals surface area contributed by atoms with Gasteiger partial charge in [0.15, 0.2) is 0 Å². The van der Waals surface area contributed by atoms with Crippen molar-refractivity contribution in [2.75, 3.05) is 13.2 Å². The molecular formula is C12H25NO. The maximum Gasteiger partial charge on any atom is 0.0509 e. The Kier molecular flexibility index (Phi) is 6.20. The summed E-state index contributed by atoms with van der Waals surface area (Å²) in [5, 5.41) is 0. The maximum atomic E-state index is 6.11. The van der Waals surface area contributed by atoms with Crippen molar-refractivity contribution in [3.63, 3.8) is 0 Å². The fourth-order valence-corrected chi connectivity index (χ4v) is 2.11. The first kappa shape index (κ1) is 12.0. The molecule has 1 heterocycles. The predicted octanol–water partition coefficient (Wildman–Crippen LogP) is 2.71. The summed E-state index contributed by atoms with van der Waals surface area (Å²) >= 11 is 0. The van der Waals surface area contributed by atoms with Gasteiger partial charge in [-0.05, 0) is 18.8 Å². The van der Waals surface area contributed by atoms with Crippen LogP contribution in [0.2, 0.25) is 0 Å². The molecule has 2 unspecified atom stereocenters. The molecule has 0 aromatic rings. The van der Waals surface area contributed by atoms with E-state index in [2.05, 4.69) is 6.92 Å². The molecule has 1 saturated heterocycles. The van der Waals surface area contributed by atoms with E-state index in [1.54, 1.807) is 0 Å². The highest BCUT2D eigenvalue weighted by atomic mass is 16.5. The minimum absolute atomic E-state index is 0.388. The van der Waals surface area contributed by atoms with Gasteiger partial charge in [-0.3, -0.25) is 0 Å². The van der Waals surface area contributed by atoms with Gasteiger partial charge in [-0.2, -0.15) is 0 Å². The van der Waals surface area contributed by atoms with Gasteiger partial charge in [0.1, 0.15) is 0 Å². The van der Waals surface area contributed by atoms with Crippen LogP contribution in [0.4, 0.5) is 0 Å². The van der Waals surface area contributed by atoms with Crippen LogP contribution in [0.3, 0.4) is 0 Å². The van der Waals surface area contributed by atoms with Crippen LogP contribution in [-0.4, -0.2) is 19.3 Å². The molecule has 2 heteroatoms. The zero-order valence-electron chi connectivity index (χ0n) is 9.50. The highest BCUT2D eigenvalue weighted by Crippen LogP contribution is 2.19. The summed E-state index contributed by atoms with van der Waals surface area (Å²) in [7, 11) is 0. The van der Waals surface area contributed by atoms with Gasteiger partial charge < -0.3 is 10.5 Å². The summed E-state index contributed by atoms with van der Waals surface area (Å²) in [4.78, 5) is 0. The number of hydrogen-bond donors (Lipinski definition) is 1. The lowest BCUT2D eigenvalue weighted by Crippen LogP contribution is -2.30. The molecule has 0 bridgehead atoms. The fourth-order valence-electron chi connectivity index (χ4n) is 2.11. The van der Waals surface area contributed by atoms with E-state index in [9.17, 15) is 0 Å². The van der Waals surface area contributed by atoms with Crippen molar-refractivity contribution in [1.82, 2.24) is 0 Å². The Balaban J connectivity index is 1.94. The molecule has 2 N–H and O–H groups in total. The molecule has 1 rings (SSSR count). The van der Waals surface area contributed by atoms with Crippen LogP contribution < -0.4 is 5.73 Å². The van der Waals surface area contributed by atoms with Crippen molar-refractivity contribution in [3.8, 4) is 0 Å². The van der Waals surface area contributed by atoms with Gasteiger partial charge in [0.25, 0.3) is 0 Å². The predicted molar refractivity (Wildman–Crippen MR) is 60.3 cm³/mol. The molecule has 2 nitrogen and oxygen atoms in total. The molecule has 0 amide bonds. The van der Waals surface area contributed by atoms with E-state index in [0.29, 0.717) is 12.0 Å². The van der Waals surface area contributed by atoms with E-state index >= 15 is 0 Å². The van der Waals surface area contributed by atoms with E-state index in [1.807, 2.05) is 0 Å². The van der Waals surface area contributed by atoms with Gasteiger partial charge in [0.2, 0.25) is 0 Å². The molecule has 1 fully saturated rings. The van der Waals surface area contributed by atoms with Gasteiger partial charge in [-0.15, -0.1) is 0 Å². The summed E-state index contributed by atoms with van der Waals surface area (Å²) < 4.78 is 5.34. The first-order valence-corrected chi connectivity index (χ1v) is 6.18. The Hall–Kier alpha value is -0.0800. The van der Waals surface area contributed by atoms with Gasteiger partial charge in [0.05, 0.1) is 6.61 Å². The molecule has 0 aliphatic carbocycles. The third kappa shape index (κ3) is 4.43. The lowest BCUT2D eigenvalue weighted by Gasteiger charge is -2.16. The molecule has 0 aromatic carbocycles. The average Bonchev–Trinajstić information content (AvgIpc) is 2.70. The number of nitrogens with two attached hydrogens (primary N) is 1. The van der Waals surface area contributed by atoms with Crippen molar-refractivity contribution in [2.24, 2.45) is 11.7 Å². The Bertz CT molecular complexity index is 132. The van der Waals surface area contributed by atoms with Crippen LogP contribution in [0.1, 0.15) is 51.9 Å². The van der Waals surface area contributed by atoms with E-state index in [-0.39, 0.29) is 0 Å². The molecule has 14 heavy (non-hydrogen) atoms. The topological polar surface area (TPSA) is 35.2 Å². The van der Waals surface area contributed by atoms with Crippen LogP contribution in [0.15, 0.2) is 0 Å². The molecule has 0 saturated carbocycles. The van der Waals surface area contributed by atoms with Crippen LogP contribution >= 0.6 is 0 Å². The fraction of sp³-hybridized carbons (Fsp3) is 1.00. The minimum atomic E-state index is 0.388. The second kappa shape index (κ2) is 7.24. The SMILES string of the molecule is CCCCCCCC(N)C1CCOC1. The number of ether oxygens (including phenoxy) is 1. The summed E-state index contributed by atoms with van der Waals surface area (Å²) in [5.74, 6) is 0.640. The van der Waals surface area contributed by atoms with Crippen LogP contribution in [0.25, 0.3) is 0 Å². The Morgan fingerprint density at radius 3 is 2.71 bits per heavy atom. The second-order valence-electron chi connectivity index (χ2n) is 4.49. The van der Waals surface area contributed by atoms with E-state index in [4.69, 9.17) is 10.5 Å². The van der Waals surface area contributed by atoms with E-state index in [0.717, 1.165) is 13.2 Å². The Labute approximate surface area is 88.2 Å². The lowest BCUT2D eigenvalue weighted by atomic mass is 9.94. The molecule has 0 spiro atoms. The van der Waals surface area contributed by atoms with E-state index in [1.165, 1.54) is 44.9 Å². The molecule has 1 aliphatic heterocycles. The standard InChI is InChI=1S/C12H25NO/c1-2-3-4-5-6-7-12(13)11-8-9-14-10-11/h11-12H,2-10,13H2,1H3. The third-order valence-corrected chi connectivity index (χ3v) is 3.21. The summed E-state index contributed by atoms with van der Waals surface area (Å²) in [6, 6.07) is 0.388. The minimum Gasteiger partial charge on any atom is -0.381 e. The monoisotopic (exact) mass is 199 g/mol. The van der Waals surface area contributed by atoms with Crippen molar-refractivity contribution in [1.29, 1.82) is 0 Å². The lowest BCUT2D eigenvalue weighted by molar-refractivity contribution is 0.179. The molecular weight excluding hydrogens is 174 g/mol. The summed E-state index contributed by atoms with van der Waals surface area (Å²) in [6.07, 6.45) is 9.11. The number of unbranched alkanes of at least 4 members (excludes halogenated alkanes) is 4. The van der Waals surface area contributed by atoms with E-state index < -0.39 is 0 Å². The first-order valence-electron chi connectivity index (χ1n) is 6.18. The molecule has 0 radical (unpaired) electrons.